The van der Waals surface area contributed by atoms with E-state index < -0.39 is 11.7 Å². The minimum Gasteiger partial charge on any atom is -0.478 e. The number of likely N-dealkylation sites (tertiary alicyclic amines) is 1. The zero-order valence-electron chi connectivity index (χ0n) is 15.5. The standard InChI is InChI=1S/C18H27N3O4/c1-6-24-15-8-7-13(9-19-15)16(22)21-10-12(2)14(11-21)20-17(23)25-18(3,4)5/h7-9,12,14H,6,10-11H2,1-5H3,(H,20,23)/t12-,14+/m0/s1. The summed E-state index contributed by atoms with van der Waals surface area (Å²) in [4.78, 5) is 30.4. The van der Waals surface area contributed by atoms with Crippen LogP contribution in [0.25, 0.3) is 0 Å². The van der Waals surface area contributed by atoms with Gasteiger partial charge < -0.3 is 19.7 Å². The molecule has 7 nitrogen and oxygen atoms in total. The summed E-state index contributed by atoms with van der Waals surface area (Å²) in [5.74, 6) is 0.543. The predicted molar refractivity (Wildman–Crippen MR) is 93.6 cm³/mol. The van der Waals surface area contributed by atoms with E-state index in [4.69, 9.17) is 9.47 Å². The molecule has 1 saturated heterocycles. The van der Waals surface area contributed by atoms with Crippen LogP contribution in [0.3, 0.4) is 0 Å². The monoisotopic (exact) mass is 349 g/mol. The lowest BCUT2D eigenvalue weighted by Crippen LogP contribution is -2.43. The molecule has 1 N–H and O–H groups in total. The first-order valence-electron chi connectivity index (χ1n) is 8.57. The van der Waals surface area contributed by atoms with Gasteiger partial charge in [0.25, 0.3) is 5.91 Å². The van der Waals surface area contributed by atoms with E-state index in [1.807, 2.05) is 34.6 Å². The minimum absolute atomic E-state index is 0.101. The van der Waals surface area contributed by atoms with Crippen LogP contribution in [0.5, 0.6) is 5.88 Å². The number of aromatic nitrogens is 1. The Morgan fingerprint density at radius 2 is 2.04 bits per heavy atom. The van der Waals surface area contributed by atoms with Crippen LogP contribution in [-0.4, -0.2) is 53.2 Å². The summed E-state index contributed by atoms with van der Waals surface area (Å²) in [6, 6.07) is 3.26. The first-order chi connectivity index (χ1) is 11.7. The van der Waals surface area contributed by atoms with Crippen molar-refractivity contribution in [2.75, 3.05) is 19.7 Å². The van der Waals surface area contributed by atoms with Crippen LogP contribution in [0.2, 0.25) is 0 Å². The van der Waals surface area contributed by atoms with E-state index in [0.29, 0.717) is 31.1 Å². The number of nitrogens with zero attached hydrogens (tertiary/aromatic N) is 2. The summed E-state index contributed by atoms with van der Waals surface area (Å²) in [5.41, 5.74) is -0.0383. The van der Waals surface area contributed by atoms with E-state index in [1.54, 1.807) is 17.0 Å². The zero-order valence-corrected chi connectivity index (χ0v) is 15.5. The molecule has 0 unspecified atom stereocenters. The Balaban J connectivity index is 1.95. The van der Waals surface area contributed by atoms with Crippen molar-refractivity contribution in [2.24, 2.45) is 5.92 Å². The van der Waals surface area contributed by atoms with E-state index in [-0.39, 0.29) is 17.9 Å². The maximum Gasteiger partial charge on any atom is 0.407 e. The van der Waals surface area contributed by atoms with Crippen molar-refractivity contribution in [1.29, 1.82) is 0 Å². The van der Waals surface area contributed by atoms with Crippen molar-refractivity contribution >= 4 is 12.0 Å². The SMILES string of the molecule is CCOc1ccc(C(=O)N2C[C@H](C)[C@H](NC(=O)OC(C)(C)C)C2)cn1. The quantitative estimate of drug-likeness (QED) is 0.903. The topological polar surface area (TPSA) is 80.8 Å². The first kappa shape index (κ1) is 19.0. The third-order valence-corrected chi connectivity index (χ3v) is 3.88. The Morgan fingerprint density at radius 1 is 1.32 bits per heavy atom. The molecule has 1 aromatic rings. The van der Waals surface area contributed by atoms with Gasteiger partial charge in [-0.15, -0.1) is 0 Å². The zero-order chi connectivity index (χ0) is 18.6. The molecule has 1 aliphatic rings. The smallest absolute Gasteiger partial charge is 0.407 e. The van der Waals surface area contributed by atoms with E-state index in [9.17, 15) is 9.59 Å². The highest BCUT2D eigenvalue weighted by molar-refractivity contribution is 5.94. The average Bonchev–Trinajstić information content (AvgIpc) is 2.86. The lowest BCUT2D eigenvalue weighted by molar-refractivity contribution is 0.0494. The fraction of sp³-hybridized carbons (Fsp3) is 0.611. The van der Waals surface area contributed by atoms with E-state index in [2.05, 4.69) is 10.3 Å². The molecule has 0 aromatic carbocycles. The van der Waals surface area contributed by atoms with Gasteiger partial charge in [0.05, 0.1) is 18.2 Å². The minimum atomic E-state index is -0.546. The molecule has 1 fully saturated rings. The molecule has 2 heterocycles. The third kappa shape index (κ3) is 5.34. The number of carbonyl (C=O) groups excluding carboxylic acids is 2. The number of hydrogen-bond donors (Lipinski definition) is 1. The number of rotatable bonds is 4. The van der Waals surface area contributed by atoms with Crippen molar-refractivity contribution in [1.82, 2.24) is 15.2 Å². The van der Waals surface area contributed by atoms with Gasteiger partial charge in [0.15, 0.2) is 0 Å². The highest BCUT2D eigenvalue weighted by atomic mass is 16.6. The molecule has 1 aromatic heterocycles. The van der Waals surface area contributed by atoms with Crippen LogP contribution < -0.4 is 10.1 Å². The average molecular weight is 349 g/mol. The Kier molecular flexibility index (Phi) is 5.87. The van der Waals surface area contributed by atoms with Crippen molar-refractivity contribution in [3.8, 4) is 5.88 Å². The van der Waals surface area contributed by atoms with E-state index in [0.717, 1.165) is 0 Å². The van der Waals surface area contributed by atoms with Gasteiger partial charge in [-0.2, -0.15) is 0 Å². The highest BCUT2D eigenvalue weighted by Crippen LogP contribution is 2.20. The molecule has 25 heavy (non-hydrogen) atoms. The van der Waals surface area contributed by atoms with E-state index in [1.165, 1.54) is 6.20 Å². The van der Waals surface area contributed by atoms with Gasteiger partial charge in [0.1, 0.15) is 5.60 Å². The van der Waals surface area contributed by atoms with Crippen molar-refractivity contribution in [2.45, 2.75) is 46.3 Å². The lowest BCUT2D eigenvalue weighted by Gasteiger charge is -2.23. The summed E-state index contributed by atoms with van der Waals surface area (Å²) in [6.45, 7) is 10.9. The number of amides is 2. The summed E-state index contributed by atoms with van der Waals surface area (Å²) in [7, 11) is 0. The van der Waals surface area contributed by atoms with Crippen LogP contribution in [0, 0.1) is 5.92 Å². The molecule has 138 valence electrons. The maximum absolute atomic E-state index is 12.6. The van der Waals surface area contributed by atoms with Gasteiger partial charge in [-0.3, -0.25) is 4.79 Å². The van der Waals surface area contributed by atoms with Crippen LogP contribution in [0.1, 0.15) is 45.0 Å². The molecule has 0 bridgehead atoms. The predicted octanol–water partition coefficient (Wildman–Crippen LogP) is 2.47. The lowest BCUT2D eigenvalue weighted by atomic mass is 10.1. The summed E-state index contributed by atoms with van der Waals surface area (Å²) in [6.07, 6.45) is 1.06. The van der Waals surface area contributed by atoms with Crippen LogP contribution in [0.15, 0.2) is 18.3 Å². The normalized spacial score (nSPS) is 20.3. The van der Waals surface area contributed by atoms with Gasteiger partial charge in [0.2, 0.25) is 5.88 Å². The molecule has 0 radical (unpaired) electrons. The Morgan fingerprint density at radius 3 is 2.60 bits per heavy atom. The number of hydrogen-bond acceptors (Lipinski definition) is 5. The molecular formula is C18H27N3O4. The molecule has 7 heteroatoms. The van der Waals surface area contributed by atoms with Crippen molar-refractivity contribution < 1.29 is 19.1 Å². The number of ether oxygens (including phenoxy) is 2. The van der Waals surface area contributed by atoms with Crippen molar-refractivity contribution in [3.05, 3.63) is 23.9 Å². The number of nitrogens with one attached hydrogen (secondary N) is 1. The molecule has 2 amide bonds. The largest absolute Gasteiger partial charge is 0.478 e. The molecule has 1 aliphatic heterocycles. The second-order valence-corrected chi connectivity index (χ2v) is 7.26. The molecule has 0 saturated carbocycles. The van der Waals surface area contributed by atoms with E-state index >= 15 is 0 Å². The van der Waals surface area contributed by atoms with Crippen LogP contribution >= 0.6 is 0 Å². The Labute approximate surface area is 148 Å². The maximum atomic E-state index is 12.6. The van der Waals surface area contributed by atoms with Crippen molar-refractivity contribution in [3.63, 3.8) is 0 Å². The molecule has 2 rings (SSSR count). The second kappa shape index (κ2) is 7.72. The molecule has 0 aliphatic carbocycles. The summed E-state index contributed by atoms with van der Waals surface area (Å²) >= 11 is 0. The van der Waals surface area contributed by atoms with Gasteiger partial charge in [0, 0.05) is 25.4 Å². The first-order valence-corrected chi connectivity index (χ1v) is 8.57. The van der Waals surface area contributed by atoms with Gasteiger partial charge in [-0.1, -0.05) is 6.92 Å². The number of pyridine rings is 1. The number of carbonyl (C=O) groups is 2. The number of alkyl carbamates (subject to hydrolysis) is 1. The summed E-state index contributed by atoms with van der Waals surface area (Å²) in [5, 5.41) is 2.86. The fourth-order valence-electron chi connectivity index (χ4n) is 2.70. The van der Waals surface area contributed by atoms with Crippen LogP contribution in [0.4, 0.5) is 4.79 Å². The summed E-state index contributed by atoms with van der Waals surface area (Å²) < 4.78 is 10.6. The Bertz CT molecular complexity index is 610. The van der Waals surface area contributed by atoms with Gasteiger partial charge >= 0.3 is 6.09 Å². The van der Waals surface area contributed by atoms with Gasteiger partial charge in [-0.05, 0) is 39.7 Å². The molecule has 2 atom stereocenters. The van der Waals surface area contributed by atoms with Gasteiger partial charge in [-0.25, -0.2) is 9.78 Å². The second-order valence-electron chi connectivity index (χ2n) is 7.26. The third-order valence-electron chi connectivity index (χ3n) is 3.88. The van der Waals surface area contributed by atoms with Crippen LogP contribution in [-0.2, 0) is 4.74 Å². The molecular weight excluding hydrogens is 322 g/mol. The molecule has 0 spiro atoms. The fourth-order valence-corrected chi connectivity index (χ4v) is 2.70. The Hall–Kier alpha value is -2.31. The highest BCUT2D eigenvalue weighted by Gasteiger charge is 2.34.